The van der Waals surface area contributed by atoms with Crippen LogP contribution in [0.1, 0.15) is 35.6 Å². The molecule has 0 unspecified atom stereocenters. The molecular weight excluding hydrogens is 318 g/mol. The molecule has 3 rings (SSSR count). The number of nitrogens with two attached hydrogens (primary N) is 1. The molecule has 0 heterocycles. The van der Waals surface area contributed by atoms with E-state index >= 15 is 0 Å². The molecule has 2 atom stereocenters. The second-order valence-electron chi connectivity index (χ2n) is 6.39. The van der Waals surface area contributed by atoms with Gasteiger partial charge in [-0.15, -0.1) is 0 Å². The molecule has 6 heteroatoms. The van der Waals surface area contributed by atoms with Crippen molar-refractivity contribution in [1.82, 2.24) is 5.32 Å². The Balaban J connectivity index is 1.62. The van der Waals surface area contributed by atoms with Crippen LogP contribution in [0.3, 0.4) is 0 Å². The van der Waals surface area contributed by atoms with Gasteiger partial charge in [-0.2, -0.15) is 0 Å². The minimum Gasteiger partial charge on any atom is -0.348 e. The summed E-state index contributed by atoms with van der Waals surface area (Å²) in [4.78, 5) is 22.7. The van der Waals surface area contributed by atoms with Gasteiger partial charge in [0.2, 0.25) is 5.91 Å². The summed E-state index contributed by atoms with van der Waals surface area (Å²) >= 11 is 0. The number of fused-ring (bicyclic) bond motifs is 1. The Hall–Kier alpha value is -2.73. The molecule has 2 aromatic carbocycles. The van der Waals surface area contributed by atoms with Crippen LogP contribution in [0.4, 0.5) is 5.69 Å². The molecule has 0 fully saturated rings. The lowest BCUT2D eigenvalue weighted by atomic mass is 9.87. The van der Waals surface area contributed by atoms with Gasteiger partial charge in [-0.25, -0.2) is 0 Å². The molecule has 3 N–H and O–H groups in total. The fourth-order valence-corrected chi connectivity index (χ4v) is 3.28. The number of carbonyl (C=O) groups is 1. The average molecular weight is 339 g/mol. The van der Waals surface area contributed by atoms with E-state index in [1.807, 2.05) is 12.1 Å². The summed E-state index contributed by atoms with van der Waals surface area (Å²) in [6.07, 6.45) is 3.34. The highest BCUT2D eigenvalue weighted by Gasteiger charge is 2.24. The second kappa shape index (κ2) is 7.44. The Morgan fingerprint density at radius 3 is 2.68 bits per heavy atom. The highest BCUT2D eigenvalue weighted by molar-refractivity contribution is 5.82. The quantitative estimate of drug-likeness (QED) is 0.646. The predicted molar refractivity (Wildman–Crippen MR) is 95.0 cm³/mol. The van der Waals surface area contributed by atoms with Crippen LogP contribution >= 0.6 is 0 Å². The zero-order valence-electron chi connectivity index (χ0n) is 13.9. The van der Waals surface area contributed by atoms with Gasteiger partial charge in [0.15, 0.2) is 0 Å². The number of rotatable bonds is 5. The van der Waals surface area contributed by atoms with Gasteiger partial charge in [-0.05, 0) is 42.4 Å². The van der Waals surface area contributed by atoms with Crippen molar-refractivity contribution in [2.75, 3.05) is 0 Å². The fraction of sp³-hybridized carbons (Fsp3) is 0.316. The summed E-state index contributed by atoms with van der Waals surface area (Å²) < 4.78 is 0. The maximum absolute atomic E-state index is 12.5. The van der Waals surface area contributed by atoms with E-state index in [2.05, 4.69) is 17.4 Å². The van der Waals surface area contributed by atoms with Crippen molar-refractivity contribution in [3.63, 3.8) is 0 Å². The van der Waals surface area contributed by atoms with Gasteiger partial charge in [0.25, 0.3) is 5.69 Å². The number of nitro groups is 1. The molecule has 0 aromatic heterocycles. The van der Waals surface area contributed by atoms with Crippen LogP contribution in [-0.2, 0) is 17.6 Å². The summed E-state index contributed by atoms with van der Waals surface area (Å²) in [5, 5.41) is 13.7. The number of nitrogens with one attached hydrogen (secondary N) is 1. The summed E-state index contributed by atoms with van der Waals surface area (Å²) in [7, 11) is 0. The topological polar surface area (TPSA) is 98.3 Å². The number of carbonyl (C=O) groups excluding carboxylic acids is 1. The van der Waals surface area contributed by atoms with Gasteiger partial charge >= 0.3 is 0 Å². The molecule has 0 saturated heterocycles. The van der Waals surface area contributed by atoms with Crippen molar-refractivity contribution in [2.45, 2.75) is 37.8 Å². The maximum atomic E-state index is 12.5. The highest BCUT2D eigenvalue weighted by atomic mass is 16.6. The van der Waals surface area contributed by atoms with Crippen molar-refractivity contribution >= 4 is 11.6 Å². The molecule has 1 aliphatic carbocycles. The normalized spacial score (nSPS) is 17.4. The molecule has 0 radical (unpaired) electrons. The molecule has 0 aliphatic heterocycles. The van der Waals surface area contributed by atoms with Crippen molar-refractivity contribution in [3.8, 4) is 0 Å². The smallest absolute Gasteiger partial charge is 0.269 e. The maximum Gasteiger partial charge on any atom is 0.269 e. The van der Waals surface area contributed by atoms with Gasteiger partial charge in [0.1, 0.15) is 0 Å². The lowest BCUT2D eigenvalue weighted by Gasteiger charge is -2.27. The van der Waals surface area contributed by atoms with E-state index in [0.29, 0.717) is 6.42 Å². The average Bonchev–Trinajstić information content (AvgIpc) is 2.62. The summed E-state index contributed by atoms with van der Waals surface area (Å²) in [6.45, 7) is 0. The van der Waals surface area contributed by atoms with E-state index in [1.165, 1.54) is 23.3 Å². The number of aryl methyl sites for hydroxylation is 1. The summed E-state index contributed by atoms with van der Waals surface area (Å²) in [6, 6.07) is 13.6. The standard InChI is InChI=1S/C19H21N3O3/c20-17(12-13-8-10-15(11-9-13)22(24)25)19(23)21-18-7-3-5-14-4-1-2-6-16(14)18/h1-2,4,6,8-11,17-18H,3,5,7,12,20H2,(H,21,23)/t17-,18+/m0/s1. The second-order valence-corrected chi connectivity index (χ2v) is 6.39. The van der Waals surface area contributed by atoms with Crippen LogP contribution in [0.25, 0.3) is 0 Å². The van der Waals surface area contributed by atoms with Crippen LogP contribution in [0.2, 0.25) is 0 Å². The van der Waals surface area contributed by atoms with Gasteiger partial charge < -0.3 is 11.1 Å². The number of nitro benzene ring substituents is 1. The lowest BCUT2D eigenvalue weighted by molar-refractivity contribution is -0.384. The number of nitrogens with zero attached hydrogens (tertiary/aromatic N) is 1. The van der Waals surface area contributed by atoms with Crippen LogP contribution in [0.5, 0.6) is 0 Å². The van der Waals surface area contributed by atoms with E-state index in [-0.39, 0.29) is 17.6 Å². The molecular formula is C19H21N3O3. The Morgan fingerprint density at radius 1 is 1.24 bits per heavy atom. The molecule has 1 amide bonds. The van der Waals surface area contributed by atoms with Gasteiger partial charge in [-0.3, -0.25) is 14.9 Å². The number of hydrogen-bond donors (Lipinski definition) is 2. The van der Waals surface area contributed by atoms with Crippen LogP contribution < -0.4 is 11.1 Å². The first kappa shape index (κ1) is 17.1. The minimum atomic E-state index is -0.685. The molecule has 6 nitrogen and oxygen atoms in total. The van der Waals surface area contributed by atoms with Crippen LogP contribution in [-0.4, -0.2) is 16.9 Å². The van der Waals surface area contributed by atoms with Crippen molar-refractivity contribution in [2.24, 2.45) is 5.73 Å². The molecule has 0 spiro atoms. The largest absolute Gasteiger partial charge is 0.348 e. The van der Waals surface area contributed by atoms with Crippen molar-refractivity contribution in [1.29, 1.82) is 0 Å². The molecule has 130 valence electrons. The molecule has 0 bridgehead atoms. The number of hydrogen-bond acceptors (Lipinski definition) is 4. The summed E-state index contributed by atoms with van der Waals surface area (Å²) in [5.41, 5.74) is 9.32. The number of non-ortho nitro benzene ring substituents is 1. The first-order valence-corrected chi connectivity index (χ1v) is 8.41. The van der Waals surface area contributed by atoms with E-state index < -0.39 is 11.0 Å². The van der Waals surface area contributed by atoms with Gasteiger partial charge in [0.05, 0.1) is 17.0 Å². The fourth-order valence-electron chi connectivity index (χ4n) is 3.28. The molecule has 1 aliphatic rings. The molecule has 2 aromatic rings. The summed E-state index contributed by atoms with van der Waals surface area (Å²) in [5.74, 6) is -0.194. The zero-order valence-corrected chi connectivity index (χ0v) is 13.9. The van der Waals surface area contributed by atoms with E-state index in [9.17, 15) is 14.9 Å². The Kier molecular flexibility index (Phi) is 5.09. The van der Waals surface area contributed by atoms with Crippen molar-refractivity contribution < 1.29 is 9.72 Å². The SMILES string of the molecule is N[C@@H](Cc1ccc([N+](=O)[O-])cc1)C(=O)N[C@@H]1CCCc2ccccc21. The van der Waals surface area contributed by atoms with Crippen LogP contribution in [0.15, 0.2) is 48.5 Å². The third-order valence-corrected chi connectivity index (χ3v) is 4.63. The van der Waals surface area contributed by atoms with E-state index in [4.69, 9.17) is 5.73 Å². The van der Waals surface area contributed by atoms with Gasteiger partial charge in [0, 0.05) is 12.1 Å². The van der Waals surface area contributed by atoms with E-state index in [1.54, 1.807) is 12.1 Å². The first-order valence-electron chi connectivity index (χ1n) is 8.41. The van der Waals surface area contributed by atoms with Crippen LogP contribution in [0, 0.1) is 10.1 Å². The Morgan fingerprint density at radius 2 is 1.96 bits per heavy atom. The highest BCUT2D eigenvalue weighted by Crippen LogP contribution is 2.29. The Labute approximate surface area is 146 Å². The van der Waals surface area contributed by atoms with Crippen molar-refractivity contribution in [3.05, 3.63) is 75.3 Å². The Bertz CT molecular complexity index is 774. The number of amides is 1. The third kappa shape index (κ3) is 4.03. The van der Waals surface area contributed by atoms with E-state index in [0.717, 1.165) is 24.8 Å². The zero-order chi connectivity index (χ0) is 17.8. The monoisotopic (exact) mass is 339 g/mol. The van der Waals surface area contributed by atoms with Gasteiger partial charge in [-0.1, -0.05) is 36.4 Å². The number of benzene rings is 2. The first-order chi connectivity index (χ1) is 12.0. The molecule has 0 saturated carbocycles. The molecule has 25 heavy (non-hydrogen) atoms. The third-order valence-electron chi connectivity index (χ3n) is 4.63. The predicted octanol–water partition coefficient (Wildman–Crippen LogP) is 2.66. The minimum absolute atomic E-state index is 0.000334. The lowest BCUT2D eigenvalue weighted by Crippen LogP contribution is -2.44.